The monoisotopic (exact) mass is 232 g/mol. The lowest BCUT2D eigenvalue weighted by molar-refractivity contribution is -0.384. The topological polar surface area (TPSA) is 104 Å². The second kappa shape index (κ2) is 4.44. The van der Waals surface area contributed by atoms with E-state index < -0.39 is 4.92 Å². The van der Waals surface area contributed by atoms with E-state index in [0.29, 0.717) is 11.6 Å². The molecular weight excluding hydrogens is 224 g/mol. The number of nitrogen functional groups attached to an aromatic ring is 1. The van der Waals surface area contributed by atoms with E-state index in [9.17, 15) is 10.1 Å². The van der Waals surface area contributed by atoms with E-state index in [1.54, 1.807) is 0 Å². The lowest BCUT2D eigenvalue weighted by atomic mass is 10.3. The number of ether oxygens (including phenoxy) is 1. The first-order valence-corrected chi connectivity index (χ1v) is 4.65. The largest absolute Gasteiger partial charge is 0.437 e. The maximum absolute atomic E-state index is 10.4. The summed E-state index contributed by atoms with van der Waals surface area (Å²) in [4.78, 5) is 17.6. The van der Waals surface area contributed by atoms with E-state index in [1.165, 1.54) is 36.7 Å². The third kappa shape index (κ3) is 2.65. The number of aromatic nitrogens is 2. The Kier molecular flexibility index (Phi) is 2.82. The van der Waals surface area contributed by atoms with Crippen molar-refractivity contribution in [3.63, 3.8) is 0 Å². The van der Waals surface area contributed by atoms with Gasteiger partial charge in [0, 0.05) is 12.1 Å². The smallest absolute Gasteiger partial charge is 0.269 e. The number of nitrogens with two attached hydrogens (primary N) is 1. The summed E-state index contributed by atoms with van der Waals surface area (Å²) >= 11 is 0. The van der Waals surface area contributed by atoms with Crippen LogP contribution in [-0.2, 0) is 0 Å². The van der Waals surface area contributed by atoms with Gasteiger partial charge in [-0.1, -0.05) is 0 Å². The van der Waals surface area contributed by atoms with Gasteiger partial charge in [0.1, 0.15) is 11.6 Å². The highest BCUT2D eigenvalue weighted by molar-refractivity contribution is 5.37. The van der Waals surface area contributed by atoms with Crippen LogP contribution in [0.2, 0.25) is 0 Å². The molecule has 1 aromatic carbocycles. The molecule has 86 valence electrons. The zero-order chi connectivity index (χ0) is 12.3. The van der Waals surface area contributed by atoms with Crippen molar-refractivity contribution in [3.8, 4) is 11.6 Å². The molecule has 0 fully saturated rings. The zero-order valence-corrected chi connectivity index (χ0v) is 8.61. The van der Waals surface area contributed by atoms with Gasteiger partial charge in [-0.05, 0) is 12.1 Å². The number of hydrogen-bond acceptors (Lipinski definition) is 6. The van der Waals surface area contributed by atoms with Crippen molar-refractivity contribution < 1.29 is 9.66 Å². The van der Waals surface area contributed by atoms with Crippen LogP contribution in [0.5, 0.6) is 11.6 Å². The molecule has 2 N–H and O–H groups in total. The molecule has 17 heavy (non-hydrogen) atoms. The third-order valence-corrected chi connectivity index (χ3v) is 1.92. The van der Waals surface area contributed by atoms with Gasteiger partial charge in [0.05, 0.1) is 17.3 Å². The van der Waals surface area contributed by atoms with Crippen LogP contribution in [0.4, 0.5) is 11.5 Å². The second-order valence-electron chi connectivity index (χ2n) is 3.13. The Bertz CT molecular complexity index is 524. The minimum absolute atomic E-state index is 0.000685. The fraction of sp³-hybridized carbons (Fsp3) is 0. The fourth-order valence-corrected chi connectivity index (χ4v) is 1.14. The van der Waals surface area contributed by atoms with E-state index in [2.05, 4.69) is 9.97 Å². The maximum Gasteiger partial charge on any atom is 0.269 e. The van der Waals surface area contributed by atoms with E-state index in [4.69, 9.17) is 10.5 Å². The summed E-state index contributed by atoms with van der Waals surface area (Å²) in [6.07, 6.45) is 2.73. The lowest BCUT2D eigenvalue weighted by Crippen LogP contribution is -1.94. The lowest BCUT2D eigenvalue weighted by Gasteiger charge is -2.03. The van der Waals surface area contributed by atoms with Gasteiger partial charge in [0.15, 0.2) is 0 Å². The van der Waals surface area contributed by atoms with Crippen molar-refractivity contribution in [2.45, 2.75) is 0 Å². The van der Waals surface area contributed by atoms with Crippen molar-refractivity contribution >= 4 is 11.5 Å². The molecule has 2 rings (SSSR count). The van der Waals surface area contributed by atoms with E-state index in [-0.39, 0.29) is 11.6 Å². The number of non-ortho nitro benzene ring substituents is 1. The average molecular weight is 232 g/mol. The third-order valence-electron chi connectivity index (χ3n) is 1.92. The molecule has 0 aliphatic heterocycles. The van der Waals surface area contributed by atoms with E-state index in [1.807, 2.05) is 0 Å². The van der Waals surface area contributed by atoms with E-state index >= 15 is 0 Å². The van der Waals surface area contributed by atoms with Gasteiger partial charge in [-0.2, -0.15) is 0 Å². The summed E-state index contributed by atoms with van der Waals surface area (Å²) in [6, 6.07) is 5.66. The maximum atomic E-state index is 10.4. The van der Waals surface area contributed by atoms with Crippen LogP contribution in [0, 0.1) is 10.1 Å². The normalized spacial score (nSPS) is 9.88. The Hall–Kier alpha value is -2.70. The van der Waals surface area contributed by atoms with Crippen LogP contribution in [-0.4, -0.2) is 14.9 Å². The first-order valence-electron chi connectivity index (χ1n) is 4.65. The Morgan fingerprint density at radius 3 is 2.41 bits per heavy atom. The van der Waals surface area contributed by atoms with E-state index in [0.717, 1.165) is 0 Å². The molecule has 0 saturated carbocycles. The number of nitro groups is 1. The van der Waals surface area contributed by atoms with Crippen LogP contribution in [0.15, 0.2) is 36.7 Å². The minimum atomic E-state index is -0.479. The molecule has 0 radical (unpaired) electrons. The van der Waals surface area contributed by atoms with Crippen LogP contribution in [0.1, 0.15) is 0 Å². The second-order valence-corrected chi connectivity index (χ2v) is 3.13. The quantitative estimate of drug-likeness (QED) is 0.638. The molecule has 0 saturated heterocycles. The molecule has 1 heterocycles. The predicted octanol–water partition coefficient (Wildman–Crippen LogP) is 1.76. The summed E-state index contributed by atoms with van der Waals surface area (Å²) in [5, 5.41) is 10.4. The SMILES string of the molecule is Nc1cnc(Oc2ccc([N+](=O)[O-])cc2)cn1. The number of hydrogen-bond donors (Lipinski definition) is 1. The molecule has 1 aromatic heterocycles. The molecule has 0 aliphatic carbocycles. The van der Waals surface area contributed by atoms with Crippen LogP contribution in [0.3, 0.4) is 0 Å². The number of anilines is 1. The number of nitro benzene ring substituents is 1. The molecule has 0 spiro atoms. The van der Waals surface area contributed by atoms with Gasteiger partial charge in [-0.25, -0.2) is 9.97 Å². The molecule has 0 atom stereocenters. The molecule has 0 bridgehead atoms. The molecule has 7 heteroatoms. The Morgan fingerprint density at radius 1 is 1.18 bits per heavy atom. The molecule has 0 amide bonds. The van der Waals surface area contributed by atoms with Crippen LogP contribution in [0.25, 0.3) is 0 Å². The van der Waals surface area contributed by atoms with Crippen molar-refractivity contribution in [2.24, 2.45) is 0 Å². The molecule has 2 aromatic rings. The zero-order valence-electron chi connectivity index (χ0n) is 8.61. The summed E-state index contributed by atoms with van der Waals surface area (Å²) < 4.78 is 5.32. The van der Waals surface area contributed by atoms with Gasteiger partial charge >= 0.3 is 0 Å². The Labute approximate surface area is 96.0 Å². The van der Waals surface area contributed by atoms with Crippen molar-refractivity contribution in [1.29, 1.82) is 0 Å². The highest BCUT2D eigenvalue weighted by atomic mass is 16.6. The first-order chi connectivity index (χ1) is 8.15. The van der Waals surface area contributed by atoms with Crippen LogP contribution < -0.4 is 10.5 Å². The Balaban J connectivity index is 2.13. The molecular formula is C10H8N4O3. The van der Waals surface area contributed by atoms with Gasteiger partial charge < -0.3 is 10.5 Å². The first kappa shape index (κ1) is 10.8. The van der Waals surface area contributed by atoms with Gasteiger partial charge in [0.25, 0.3) is 5.69 Å². The Morgan fingerprint density at radius 2 is 1.88 bits per heavy atom. The predicted molar refractivity (Wildman–Crippen MR) is 59.6 cm³/mol. The van der Waals surface area contributed by atoms with Gasteiger partial charge in [0.2, 0.25) is 5.88 Å². The highest BCUT2D eigenvalue weighted by Crippen LogP contribution is 2.21. The highest BCUT2D eigenvalue weighted by Gasteiger charge is 2.05. The molecule has 7 nitrogen and oxygen atoms in total. The summed E-state index contributed by atoms with van der Waals surface area (Å²) in [5.74, 6) is 1.00. The van der Waals surface area contributed by atoms with Crippen molar-refractivity contribution in [2.75, 3.05) is 5.73 Å². The van der Waals surface area contributed by atoms with Crippen molar-refractivity contribution in [3.05, 3.63) is 46.8 Å². The minimum Gasteiger partial charge on any atom is -0.437 e. The number of nitrogens with zero attached hydrogens (tertiary/aromatic N) is 3. The average Bonchev–Trinajstić information content (AvgIpc) is 2.33. The number of rotatable bonds is 3. The number of benzene rings is 1. The van der Waals surface area contributed by atoms with Gasteiger partial charge in [-0.3, -0.25) is 10.1 Å². The fourth-order valence-electron chi connectivity index (χ4n) is 1.14. The van der Waals surface area contributed by atoms with Crippen molar-refractivity contribution in [1.82, 2.24) is 9.97 Å². The van der Waals surface area contributed by atoms with Crippen LogP contribution >= 0.6 is 0 Å². The molecule has 0 unspecified atom stereocenters. The molecule has 0 aliphatic rings. The summed E-state index contributed by atoms with van der Waals surface area (Å²) in [5.41, 5.74) is 5.37. The summed E-state index contributed by atoms with van der Waals surface area (Å²) in [6.45, 7) is 0. The summed E-state index contributed by atoms with van der Waals surface area (Å²) in [7, 11) is 0. The van der Waals surface area contributed by atoms with Gasteiger partial charge in [-0.15, -0.1) is 0 Å². The standard InChI is InChI=1S/C10H8N4O3/c11-9-5-13-10(6-12-9)17-8-3-1-7(2-4-8)14(15)16/h1-6H,(H2,11,12).